The van der Waals surface area contributed by atoms with Gasteiger partial charge in [0.05, 0.1) is 35.7 Å². The van der Waals surface area contributed by atoms with Crippen LogP contribution in [0.1, 0.15) is 48.0 Å². The molecule has 2 aliphatic rings. The zero-order valence-corrected chi connectivity index (χ0v) is 19.5. The lowest BCUT2D eigenvalue weighted by Gasteiger charge is -2.32. The summed E-state index contributed by atoms with van der Waals surface area (Å²) in [7, 11) is 1.73. The Balaban J connectivity index is 0.000000414. The molecule has 0 aromatic heterocycles. The van der Waals surface area contributed by atoms with Crippen LogP contribution in [0.15, 0.2) is 6.07 Å². The number of carboxylic acids is 2. The molecule has 3 rings (SSSR count). The second kappa shape index (κ2) is 13.2. The highest BCUT2D eigenvalue weighted by Crippen LogP contribution is 2.38. The van der Waals surface area contributed by atoms with Crippen molar-refractivity contribution in [2.24, 2.45) is 0 Å². The standard InChI is InChI=1S/C18H26ClN3O3.C4H6O4/c1-24-9-2-6-22-7-3-12(4-8-22)21-18(23)14-11-15(19)16(20)13-5-10-25-17(13)14;5-3(6)1-2-4(7)8/h11-12H,2-10,20H2,1H3,(H,21,23);1-2H2,(H,5,6)(H,7,8). The van der Waals surface area contributed by atoms with Crippen molar-refractivity contribution >= 4 is 35.1 Å². The number of aliphatic carboxylic acids is 2. The van der Waals surface area contributed by atoms with Crippen LogP contribution in [-0.4, -0.2) is 79.0 Å². The number of nitrogens with two attached hydrogens (primary N) is 1. The minimum absolute atomic E-state index is 0.127. The summed E-state index contributed by atoms with van der Waals surface area (Å²) < 4.78 is 10.7. The minimum atomic E-state index is -1.08. The first kappa shape index (κ1) is 26.7. The largest absolute Gasteiger partial charge is 0.492 e. The number of carbonyl (C=O) groups is 3. The van der Waals surface area contributed by atoms with Gasteiger partial charge >= 0.3 is 11.9 Å². The molecule has 0 aliphatic carbocycles. The zero-order chi connectivity index (χ0) is 24.4. The zero-order valence-electron chi connectivity index (χ0n) is 18.8. The van der Waals surface area contributed by atoms with Crippen molar-refractivity contribution in [1.29, 1.82) is 0 Å². The van der Waals surface area contributed by atoms with Gasteiger partial charge in [-0.25, -0.2) is 0 Å². The molecule has 0 unspecified atom stereocenters. The molecule has 0 spiro atoms. The number of ether oxygens (including phenoxy) is 2. The molecule has 10 nitrogen and oxygen atoms in total. The van der Waals surface area contributed by atoms with E-state index in [0.29, 0.717) is 35.1 Å². The lowest BCUT2D eigenvalue weighted by Crippen LogP contribution is -2.45. The van der Waals surface area contributed by atoms with Crippen LogP contribution in [0.4, 0.5) is 5.69 Å². The number of rotatable bonds is 9. The number of nitrogen functional groups attached to an aromatic ring is 1. The van der Waals surface area contributed by atoms with Crippen LogP contribution in [0.3, 0.4) is 0 Å². The van der Waals surface area contributed by atoms with Gasteiger partial charge in [-0.1, -0.05) is 11.6 Å². The number of benzene rings is 1. The number of anilines is 1. The van der Waals surface area contributed by atoms with Crippen LogP contribution in [0.25, 0.3) is 0 Å². The van der Waals surface area contributed by atoms with Gasteiger partial charge in [-0.15, -0.1) is 0 Å². The number of hydrogen-bond acceptors (Lipinski definition) is 7. The first-order valence-electron chi connectivity index (χ1n) is 10.9. The topological polar surface area (TPSA) is 151 Å². The highest BCUT2D eigenvalue weighted by atomic mass is 35.5. The number of hydrogen-bond donors (Lipinski definition) is 4. The maximum absolute atomic E-state index is 12.7. The quantitative estimate of drug-likeness (QED) is 0.304. The van der Waals surface area contributed by atoms with E-state index in [4.69, 9.17) is 37.0 Å². The predicted molar refractivity (Wildman–Crippen MR) is 123 cm³/mol. The van der Waals surface area contributed by atoms with Crippen LogP contribution >= 0.6 is 11.6 Å². The normalized spacial score (nSPS) is 15.7. The molecule has 2 aliphatic heterocycles. The SMILES string of the molecule is COCCCN1CCC(NC(=O)c2cc(Cl)c(N)c3c2OCC3)CC1.O=C(O)CCC(=O)O. The van der Waals surface area contributed by atoms with E-state index in [1.165, 1.54) is 0 Å². The number of methoxy groups -OCH3 is 1. The molecule has 2 heterocycles. The van der Waals surface area contributed by atoms with E-state index in [9.17, 15) is 14.4 Å². The summed E-state index contributed by atoms with van der Waals surface area (Å²) >= 11 is 6.19. The number of nitrogens with one attached hydrogen (secondary N) is 1. The first-order valence-corrected chi connectivity index (χ1v) is 11.3. The smallest absolute Gasteiger partial charge is 0.303 e. The van der Waals surface area contributed by atoms with Crippen LogP contribution in [0, 0.1) is 0 Å². The fraction of sp³-hybridized carbons (Fsp3) is 0.591. The molecular formula is C22H32ClN3O7. The van der Waals surface area contributed by atoms with E-state index in [2.05, 4.69) is 10.2 Å². The van der Waals surface area contributed by atoms with E-state index in [0.717, 1.165) is 51.1 Å². The van der Waals surface area contributed by atoms with Gasteiger partial charge in [0, 0.05) is 51.4 Å². The molecule has 1 fully saturated rings. The highest BCUT2D eigenvalue weighted by molar-refractivity contribution is 6.33. The molecule has 33 heavy (non-hydrogen) atoms. The van der Waals surface area contributed by atoms with Crippen molar-refractivity contribution in [2.75, 3.05) is 45.7 Å². The molecular weight excluding hydrogens is 454 g/mol. The summed E-state index contributed by atoms with van der Waals surface area (Å²) in [6.45, 7) is 4.36. The number of nitrogens with zero attached hydrogens (tertiary/aromatic N) is 1. The fourth-order valence-corrected chi connectivity index (χ4v) is 3.97. The monoisotopic (exact) mass is 485 g/mol. The molecule has 0 radical (unpaired) electrons. The fourth-order valence-electron chi connectivity index (χ4n) is 3.75. The molecule has 1 aromatic carbocycles. The lowest BCUT2D eigenvalue weighted by molar-refractivity contribution is -0.143. The Morgan fingerprint density at radius 3 is 2.45 bits per heavy atom. The van der Waals surface area contributed by atoms with Crippen LogP contribution in [0.2, 0.25) is 5.02 Å². The highest BCUT2D eigenvalue weighted by Gasteiger charge is 2.27. The van der Waals surface area contributed by atoms with E-state index in [1.807, 2.05) is 0 Å². The third-order valence-corrected chi connectivity index (χ3v) is 5.83. The molecule has 1 saturated heterocycles. The van der Waals surface area contributed by atoms with Gasteiger partial charge < -0.3 is 35.6 Å². The van der Waals surface area contributed by atoms with Gasteiger partial charge in [0.1, 0.15) is 5.75 Å². The van der Waals surface area contributed by atoms with Gasteiger partial charge in [0.15, 0.2) is 0 Å². The van der Waals surface area contributed by atoms with Gasteiger partial charge in [0.25, 0.3) is 5.91 Å². The van der Waals surface area contributed by atoms with Gasteiger partial charge in [-0.3, -0.25) is 14.4 Å². The first-order chi connectivity index (χ1) is 15.7. The lowest BCUT2D eigenvalue weighted by atomic mass is 10.0. The second-order valence-corrected chi connectivity index (χ2v) is 8.36. The van der Waals surface area contributed by atoms with E-state index in [1.54, 1.807) is 13.2 Å². The molecule has 0 atom stereocenters. The summed E-state index contributed by atoms with van der Waals surface area (Å²) in [5.41, 5.74) is 7.86. The molecule has 184 valence electrons. The number of halogens is 1. The van der Waals surface area contributed by atoms with E-state index in [-0.39, 0.29) is 24.8 Å². The Hall–Kier alpha value is -2.56. The Morgan fingerprint density at radius 2 is 1.88 bits per heavy atom. The third-order valence-electron chi connectivity index (χ3n) is 5.51. The molecule has 1 aromatic rings. The maximum atomic E-state index is 12.7. The second-order valence-electron chi connectivity index (χ2n) is 7.95. The Labute approximate surface area is 198 Å². The number of likely N-dealkylation sites (tertiary alicyclic amines) is 1. The summed E-state index contributed by atoms with van der Waals surface area (Å²) in [4.78, 5) is 34.4. The number of carbonyl (C=O) groups excluding carboxylic acids is 1. The van der Waals surface area contributed by atoms with Crippen molar-refractivity contribution in [1.82, 2.24) is 10.2 Å². The van der Waals surface area contributed by atoms with Crippen LogP contribution in [0.5, 0.6) is 5.75 Å². The summed E-state index contributed by atoms with van der Waals surface area (Å²) in [5.74, 6) is -1.69. The van der Waals surface area contributed by atoms with Crippen LogP contribution in [-0.2, 0) is 20.7 Å². The molecule has 1 amide bonds. The van der Waals surface area contributed by atoms with E-state index >= 15 is 0 Å². The average Bonchev–Trinajstić information content (AvgIpc) is 3.27. The Morgan fingerprint density at radius 1 is 1.24 bits per heavy atom. The van der Waals surface area contributed by atoms with Crippen molar-refractivity contribution < 1.29 is 34.1 Å². The maximum Gasteiger partial charge on any atom is 0.303 e. The van der Waals surface area contributed by atoms with Crippen molar-refractivity contribution in [3.63, 3.8) is 0 Å². The van der Waals surface area contributed by atoms with Gasteiger partial charge in [-0.2, -0.15) is 0 Å². The minimum Gasteiger partial charge on any atom is -0.492 e. The number of fused-ring (bicyclic) bond motifs is 1. The molecule has 5 N–H and O–H groups in total. The summed E-state index contributed by atoms with van der Waals surface area (Å²) in [5, 5.41) is 19.3. The Bertz CT molecular complexity index is 828. The number of piperidine rings is 1. The van der Waals surface area contributed by atoms with Crippen molar-refractivity contribution in [3.8, 4) is 5.75 Å². The summed E-state index contributed by atoms with van der Waals surface area (Å²) in [6, 6.07) is 1.80. The van der Waals surface area contributed by atoms with Crippen LogP contribution < -0.4 is 15.8 Å². The molecule has 11 heteroatoms. The third kappa shape index (κ3) is 8.38. The number of carboxylic acid groups (broad SMARTS) is 2. The molecule has 0 bridgehead atoms. The van der Waals surface area contributed by atoms with Crippen molar-refractivity contribution in [3.05, 3.63) is 22.2 Å². The van der Waals surface area contributed by atoms with Gasteiger partial charge in [0.2, 0.25) is 0 Å². The number of amides is 1. The average molecular weight is 486 g/mol. The predicted octanol–water partition coefficient (Wildman–Crippen LogP) is 2.02. The van der Waals surface area contributed by atoms with Crippen molar-refractivity contribution in [2.45, 2.75) is 44.6 Å². The van der Waals surface area contributed by atoms with E-state index < -0.39 is 11.9 Å². The molecule has 0 saturated carbocycles. The Kier molecular flexibility index (Phi) is 10.7. The van der Waals surface area contributed by atoms with Gasteiger partial charge in [-0.05, 0) is 25.3 Å². The summed E-state index contributed by atoms with van der Waals surface area (Å²) in [6.07, 6.45) is 3.04.